The molecular formula is C20H16F3N3O. The number of alkyl halides is 3. The summed E-state index contributed by atoms with van der Waals surface area (Å²) in [5.74, 6) is -0.399. The third-order valence-electron chi connectivity index (χ3n) is 3.91. The molecule has 2 aromatic carbocycles. The summed E-state index contributed by atoms with van der Waals surface area (Å²) in [5, 5.41) is 5.45. The molecule has 0 saturated heterocycles. The van der Waals surface area contributed by atoms with Gasteiger partial charge in [-0.3, -0.25) is 9.78 Å². The van der Waals surface area contributed by atoms with E-state index in [-0.39, 0.29) is 16.9 Å². The Bertz CT molecular complexity index is 970. The topological polar surface area (TPSA) is 54.0 Å². The third kappa shape index (κ3) is 4.44. The molecule has 3 rings (SSSR count). The summed E-state index contributed by atoms with van der Waals surface area (Å²) in [4.78, 5) is 16.4. The number of carbonyl (C=O) groups excluding carboxylic acids is 1. The zero-order chi connectivity index (χ0) is 19.4. The van der Waals surface area contributed by atoms with Gasteiger partial charge in [-0.2, -0.15) is 13.2 Å². The number of carbonyl (C=O) groups is 1. The number of pyridine rings is 1. The van der Waals surface area contributed by atoms with Gasteiger partial charge in [-0.05, 0) is 36.8 Å². The molecule has 0 fully saturated rings. The van der Waals surface area contributed by atoms with Crippen LogP contribution in [0.4, 0.5) is 30.2 Å². The molecular weight excluding hydrogens is 355 g/mol. The van der Waals surface area contributed by atoms with Crippen molar-refractivity contribution in [2.75, 3.05) is 10.6 Å². The van der Waals surface area contributed by atoms with Crippen molar-refractivity contribution in [3.05, 3.63) is 83.7 Å². The van der Waals surface area contributed by atoms with Gasteiger partial charge in [0, 0.05) is 11.9 Å². The van der Waals surface area contributed by atoms with Crippen molar-refractivity contribution in [3.63, 3.8) is 0 Å². The highest BCUT2D eigenvalue weighted by Crippen LogP contribution is 2.35. The molecule has 0 saturated carbocycles. The van der Waals surface area contributed by atoms with Crippen molar-refractivity contribution in [2.45, 2.75) is 13.1 Å². The predicted molar refractivity (Wildman–Crippen MR) is 98.1 cm³/mol. The van der Waals surface area contributed by atoms with E-state index in [1.807, 2.05) is 19.1 Å². The zero-order valence-electron chi connectivity index (χ0n) is 14.3. The summed E-state index contributed by atoms with van der Waals surface area (Å²) in [6.45, 7) is 1.86. The standard InChI is InChI=1S/C20H16F3N3O/c1-13-6-2-4-8-17(13)26-19(27)14-10-15(12-24-11-14)25-18-9-5-3-7-16(18)20(21,22)23/h2-12,25H,1H3,(H,26,27). The van der Waals surface area contributed by atoms with Crippen LogP contribution in [-0.2, 0) is 6.18 Å². The van der Waals surface area contributed by atoms with Gasteiger partial charge in [0.15, 0.2) is 0 Å². The summed E-state index contributed by atoms with van der Waals surface area (Å²) < 4.78 is 39.4. The van der Waals surface area contributed by atoms with Crippen LogP contribution in [0.3, 0.4) is 0 Å². The first kappa shape index (κ1) is 18.4. The van der Waals surface area contributed by atoms with Crippen LogP contribution in [0.5, 0.6) is 0 Å². The monoisotopic (exact) mass is 371 g/mol. The Morgan fingerprint density at radius 2 is 1.63 bits per heavy atom. The van der Waals surface area contributed by atoms with E-state index in [4.69, 9.17) is 0 Å². The fourth-order valence-corrected chi connectivity index (χ4v) is 2.53. The molecule has 1 amide bonds. The molecule has 0 atom stereocenters. The normalized spacial score (nSPS) is 11.1. The SMILES string of the molecule is Cc1ccccc1NC(=O)c1cncc(Nc2ccccc2C(F)(F)F)c1. The number of hydrogen-bond donors (Lipinski definition) is 2. The first-order chi connectivity index (χ1) is 12.8. The Morgan fingerprint density at radius 1 is 0.963 bits per heavy atom. The highest BCUT2D eigenvalue weighted by atomic mass is 19.4. The molecule has 2 N–H and O–H groups in total. The molecule has 0 unspecified atom stereocenters. The van der Waals surface area contributed by atoms with Gasteiger partial charge < -0.3 is 10.6 Å². The Hall–Kier alpha value is -3.35. The molecule has 27 heavy (non-hydrogen) atoms. The molecule has 0 aliphatic heterocycles. The first-order valence-corrected chi connectivity index (χ1v) is 8.10. The third-order valence-corrected chi connectivity index (χ3v) is 3.91. The highest BCUT2D eigenvalue weighted by Gasteiger charge is 2.33. The summed E-state index contributed by atoms with van der Waals surface area (Å²) in [6, 6.07) is 13.9. The van der Waals surface area contributed by atoms with Crippen LogP contribution in [-0.4, -0.2) is 10.9 Å². The Balaban J connectivity index is 1.83. The quantitative estimate of drug-likeness (QED) is 0.645. The zero-order valence-corrected chi connectivity index (χ0v) is 14.3. The molecule has 0 aliphatic rings. The first-order valence-electron chi connectivity index (χ1n) is 8.10. The van der Waals surface area contributed by atoms with Gasteiger partial charge in [0.2, 0.25) is 0 Å². The lowest BCUT2D eigenvalue weighted by atomic mass is 10.1. The highest BCUT2D eigenvalue weighted by molar-refractivity contribution is 6.05. The van der Waals surface area contributed by atoms with Gasteiger partial charge in [0.1, 0.15) is 0 Å². The number of halogens is 3. The number of aromatic nitrogens is 1. The fraction of sp³-hybridized carbons (Fsp3) is 0.100. The summed E-state index contributed by atoms with van der Waals surface area (Å²) in [7, 11) is 0. The van der Waals surface area contributed by atoms with E-state index in [0.29, 0.717) is 5.69 Å². The van der Waals surface area contributed by atoms with Gasteiger partial charge in [-0.25, -0.2) is 0 Å². The predicted octanol–water partition coefficient (Wildman–Crippen LogP) is 5.40. The van der Waals surface area contributed by atoms with Crippen molar-refractivity contribution < 1.29 is 18.0 Å². The average molecular weight is 371 g/mol. The maximum absolute atomic E-state index is 13.1. The molecule has 1 heterocycles. The summed E-state index contributed by atoms with van der Waals surface area (Å²) in [6.07, 6.45) is -1.77. The lowest BCUT2D eigenvalue weighted by molar-refractivity contribution is -0.136. The molecule has 138 valence electrons. The van der Waals surface area contributed by atoms with Gasteiger partial charge in [-0.15, -0.1) is 0 Å². The number of nitrogens with zero attached hydrogens (tertiary/aromatic N) is 1. The largest absolute Gasteiger partial charge is 0.418 e. The van der Waals surface area contributed by atoms with E-state index in [0.717, 1.165) is 11.6 Å². The van der Waals surface area contributed by atoms with Crippen LogP contribution < -0.4 is 10.6 Å². The van der Waals surface area contributed by atoms with E-state index in [9.17, 15) is 18.0 Å². The second-order valence-electron chi connectivity index (χ2n) is 5.90. The van der Waals surface area contributed by atoms with Crippen LogP contribution in [0.15, 0.2) is 67.0 Å². The maximum Gasteiger partial charge on any atom is 0.418 e. The smallest absolute Gasteiger partial charge is 0.354 e. The second-order valence-corrected chi connectivity index (χ2v) is 5.90. The Labute approximate surface area is 154 Å². The molecule has 0 spiro atoms. The average Bonchev–Trinajstić information content (AvgIpc) is 2.63. The van der Waals surface area contributed by atoms with Gasteiger partial charge in [0.05, 0.1) is 28.7 Å². The van der Waals surface area contributed by atoms with Crippen LogP contribution in [0.2, 0.25) is 0 Å². The van der Waals surface area contributed by atoms with Gasteiger partial charge in [-0.1, -0.05) is 30.3 Å². The fourth-order valence-electron chi connectivity index (χ4n) is 2.53. The molecule has 7 heteroatoms. The molecule has 1 aromatic heterocycles. The number of rotatable bonds is 4. The number of hydrogen-bond acceptors (Lipinski definition) is 3. The number of nitrogens with one attached hydrogen (secondary N) is 2. The number of aryl methyl sites for hydroxylation is 1. The molecule has 0 bridgehead atoms. The minimum absolute atomic E-state index is 0.108. The van der Waals surface area contributed by atoms with Crippen LogP contribution in [0.25, 0.3) is 0 Å². The van der Waals surface area contributed by atoms with Gasteiger partial charge in [0.25, 0.3) is 5.91 Å². The minimum Gasteiger partial charge on any atom is -0.354 e. The van der Waals surface area contributed by atoms with E-state index in [1.165, 1.54) is 36.7 Å². The van der Waals surface area contributed by atoms with E-state index < -0.39 is 17.6 Å². The Morgan fingerprint density at radius 3 is 2.33 bits per heavy atom. The summed E-state index contributed by atoms with van der Waals surface area (Å²) in [5.41, 5.74) is 1.16. The number of amides is 1. The van der Waals surface area contributed by atoms with E-state index in [1.54, 1.807) is 12.1 Å². The van der Waals surface area contributed by atoms with Crippen LogP contribution in [0.1, 0.15) is 21.5 Å². The van der Waals surface area contributed by atoms with Crippen molar-refractivity contribution in [1.82, 2.24) is 4.98 Å². The van der Waals surface area contributed by atoms with E-state index >= 15 is 0 Å². The molecule has 0 aliphatic carbocycles. The number of benzene rings is 2. The lowest BCUT2D eigenvalue weighted by Crippen LogP contribution is -2.13. The molecule has 3 aromatic rings. The van der Waals surface area contributed by atoms with Crippen molar-refractivity contribution in [1.29, 1.82) is 0 Å². The maximum atomic E-state index is 13.1. The minimum atomic E-state index is -4.49. The lowest BCUT2D eigenvalue weighted by Gasteiger charge is -2.14. The number of anilines is 3. The van der Waals surface area contributed by atoms with Crippen LogP contribution >= 0.6 is 0 Å². The second kappa shape index (κ2) is 7.49. The van der Waals surface area contributed by atoms with E-state index in [2.05, 4.69) is 15.6 Å². The van der Waals surface area contributed by atoms with Crippen molar-refractivity contribution >= 4 is 23.0 Å². The molecule has 4 nitrogen and oxygen atoms in total. The van der Waals surface area contributed by atoms with Crippen molar-refractivity contribution in [3.8, 4) is 0 Å². The molecule has 0 radical (unpaired) electrons. The Kier molecular flexibility index (Phi) is 5.12. The number of para-hydroxylation sites is 2. The van der Waals surface area contributed by atoms with Gasteiger partial charge >= 0.3 is 6.18 Å². The summed E-state index contributed by atoms with van der Waals surface area (Å²) >= 11 is 0. The van der Waals surface area contributed by atoms with Crippen molar-refractivity contribution in [2.24, 2.45) is 0 Å². The van der Waals surface area contributed by atoms with Crippen LogP contribution in [0, 0.1) is 6.92 Å².